The van der Waals surface area contributed by atoms with E-state index in [2.05, 4.69) is 0 Å². The first kappa shape index (κ1) is 28.7. The number of rotatable bonds is 8. The maximum Gasteiger partial charge on any atom is 0.320 e. The van der Waals surface area contributed by atoms with Crippen LogP contribution in [0.2, 0.25) is 5.02 Å². The van der Waals surface area contributed by atoms with Gasteiger partial charge in [0.1, 0.15) is 11.6 Å². The molecule has 2 aliphatic heterocycles. The van der Waals surface area contributed by atoms with Crippen LogP contribution in [0.4, 0.5) is 13.6 Å². The molecule has 0 spiro atoms. The number of hydrogen-bond donors (Lipinski definition) is 3. The minimum Gasteiger partial charge on any atom is -0.390 e. The molecule has 208 valence electrons. The van der Waals surface area contributed by atoms with Crippen molar-refractivity contribution < 1.29 is 28.5 Å². The van der Waals surface area contributed by atoms with Crippen LogP contribution in [0.25, 0.3) is 11.1 Å². The van der Waals surface area contributed by atoms with Gasteiger partial charge in [-0.1, -0.05) is 35.9 Å². The molecule has 0 aromatic heterocycles. The molecule has 2 heterocycles. The maximum atomic E-state index is 15.4. The predicted octanol–water partition coefficient (Wildman–Crippen LogP) is 4.13. The highest BCUT2D eigenvalue weighted by atomic mass is 35.5. The molecule has 4 N–H and O–H groups in total. The second kappa shape index (κ2) is 12.3. The minimum absolute atomic E-state index is 0.0234. The molecule has 2 aromatic carbocycles. The number of likely N-dealkylation sites (tertiary alicyclic amines) is 2. The van der Waals surface area contributed by atoms with Crippen LogP contribution in [0.1, 0.15) is 37.7 Å². The summed E-state index contributed by atoms with van der Waals surface area (Å²) >= 11 is 6.04. The SMILES string of the molecule is COCCCC[C@@](O)(c1cccc(F)c1-c1cccc(Cl)c1F)[C@@H]1CCCN(C(=O)N2C[C@@H](N)[C@@H](O)C2)C1. The van der Waals surface area contributed by atoms with Gasteiger partial charge in [-0.05, 0) is 49.8 Å². The van der Waals surface area contributed by atoms with Crippen molar-refractivity contribution in [3.8, 4) is 11.1 Å². The molecule has 2 fully saturated rings. The fourth-order valence-electron chi connectivity index (χ4n) is 5.76. The van der Waals surface area contributed by atoms with Gasteiger partial charge >= 0.3 is 6.03 Å². The Balaban J connectivity index is 1.71. The summed E-state index contributed by atoms with van der Waals surface area (Å²) in [7, 11) is 1.60. The van der Waals surface area contributed by atoms with E-state index in [0.717, 1.165) is 0 Å². The van der Waals surface area contributed by atoms with Gasteiger partial charge in [-0.3, -0.25) is 0 Å². The molecular weight excluding hydrogens is 516 g/mol. The number of nitrogens with zero attached hydrogens (tertiary/aromatic N) is 2. The molecule has 0 saturated carbocycles. The quantitative estimate of drug-likeness (QED) is 0.429. The van der Waals surface area contributed by atoms with Crippen LogP contribution >= 0.6 is 11.6 Å². The topological polar surface area (TPSA) is 99.3 Å². The number of nitrogens with two attached hydrogens (primary N) is 1. The van der Waals surface area contributed by atoms with Crippen molar-refractivity contribution in [1.82, 2.24) is 9.80 Å². The summed E-state index contributed by atoms with van der Waals surface area (Å²) in [5.74, 6) is -1.86. The molecule has 7 nitrogen and oxygen atoms in total. The summed E-state index contributed by atoms with van der Waals surface area (Å²) in [6, 6.07) is 8.02. The van der Waals surface area contributed by atoms with Crippen molar-refractivity contribution >= 4 is 17.6 Å². The molecule has 0 bridgehead atoms. The third-order valence-electron chi connectivity index (χ3n) is 7.83. The first-order valence-corrected chi connectivity index (χ1v) is 13.5. The summed E-state index contributed by atoms with van der Waals surface area (Å²) < 4.78 is 35.7. The Morgan fingerprint density at radius 1 is 1.16 bits per heavy atom. The number of carbonyl (C=O) groups excluding carboxylic acids is 1. The lowest BCUT2D eigenvalue weighted by Crippen LogP contribution is -2.52. The van der Waals surface area contributed by atoms with Gasteiger partial charge in [0.25, 0.3) is 0 Å². The third kappa shape index (κ3) is 5.82. The molecule has 0 aliphatic carbocycles. The van der Waals surface area contributed by atoms with E-state index in [-0.39, 0.29) is 53.8 Å². The number of urea groups is 1. The molecule has 38 heavy (non-hydrogen) atoms. The molecule has 10 heteroatoms. The van der Waals surface area contributed by atoms with Crippen molar-refractivity contribution in [2.75, 3.05) is 39.9 Å². The van der Waals surface area contributed by atoms with Crippen LogP contribution in [-0.4, -0.2) is 78.1 Å². The van der Waals surface area contributed by atoms with Crippen LogP contribution in [-0.2, 0) is 10.3 Å². The highest BCUT2D eigenvalue weighted by Gasteiger charge is 2.44. The van der Waals surface area contributed by atoms with Crippen LogP contribution in [0.15, 0.2) is 36.4 Å². The van der Waals surface area contributed by atoms with Crippen LogP contribution in [0.3, 0.4) is 0 Å². The zero-order valence-electron chi connectivity index (χ0n) is 21.6. The number of aliphatic hydroxyl groups excluding tert-OH is 1. The van der Waals surface area contributed by atoms with E-state index in [4.69, 9.17) is 22.1 Å². The average molecular weight is 552 g/mol. The van der Waals surface area contributed by atoms with Crippen LogP contribution in [0.5, 0.6) is 0 Å². The Bertz CT molecular complexity index is 1130. The summed E-state index contributed by atoms with van der Waals surface area (Å²) in [5, 5.41) is 22.3. The highest BCUT2D eigenvalue weighted by Crippen LogP contribution is 2.45. The number of ether oxygens (including phenoxy) is 1. The number of hydrogen-bond acceptors (Lipinski definition) is 5. The fraction of sp³-hybridized carbons (Fsp3) is 0.536. The van der Waals surface area contributed by atoms with Gasteiger partial charge in [0.05, 0.1) is 16.7 Å². The number of amides is 2. The molecule has 2 saturated heterocycles. The maximum absolute atomic E-state index is 15.4. The normalized spacial score (nSPS) is 23.5. The Labute approximate surface area is 227 Å². The van der Waals surface area contributed by atoms with Gasteiger partial charge in [-0.15, -0.1) is 0 Å². The van der Waals surface area contributed by atoms with E-state index in [1.54, 1.807) is 24.1 Å². The summed E-state index contributed by atoms with van der Waals surface area (Å²) in [6.07, 6.45) is 1.98. The third-order valence-corrected chi connectivity index (χ3v) is 8.12. The van der Waals surface area contributed by atoms with Gasteiger partial charge in [-0.2, -0.15) is 0 Å². The number of β-amino-alcohol motifs (C(OH)–C–C–N with tert-alkyl or cyclic N) is 1. The van der Waals surface area contributed by atoms with E-state index in [1.807, 2.05) is 0 Å². The first-order chi connectivity index (χ1) is 18.2. The van der Waals surface area contributed by atoms with Crippen molar-refractivity contribution in [2.24, 2.45) is 11.7 Å². The largest absolute Gasteiger partial charge is 0.390 e. The monoisotopic (exact) mass is 551 g/mol. The zero-order chi connectivity index (χ0) is 27.4. The average Bonchev–Trinajstić information content (AvgIpc) is 3.25. The molecule has 4 atom stereocenters. The minimum atomic E-state index is -1.56. The molecule has 4 rings (SSSR count). The Kier molecular flexibility index (Phi) is 9.26. The molecule has 2 aliphatic rings. The predicted molar refractivity (Wildman–Crippen MR) is 142 cm³/mol. The lowest BCUT2D eigenvalue weighted by atomic mass is 9.72. The number of piperidine rings is 1. The number of benzene rings is 2. The van der Waals surface area contributed by atoms with E-state index in [9.17, 15) is 15.0 Å². The second-order valence-electron chi connectivity index (χ2n) is 10.3. The smallest absolute Gasteiger partial charge is 0.320 e. The molecule has 0 radical (unpaired) electrons. The summed E-state index contributed by atoms with van der Waals surface area (Å²) in [6.45, 7) is 1.64. The summed E-state index contributed by atoms with van der Waals surface area (Å²) in [4.78, 5) is 16.5. The van der Waals surface area contributed by atoms with Crippen molar-refractivity contribution in [1.29, 1.82) is 0 Å². The van der Waals surface area contributed by atoms with E-state index < -0.39 is 35.3 Å². The Hall–Kier alpha value is -2.30. The standard InChI is InChI=1S/C28H36ClF2N3O4/c1-38-14-3-2-12-28(37,18-7-6-13-33(15-18)27(36)34-16-23(32)24(35)17-34)20-9-5-11-22(30)25(20)19-8-4-10-21(29)26(19)31/h4-5,8-11,18,23-24,35,37H,2-3,6-7,12-17,32H2,1H3/t18-,23-,24+,28+/m1/s1. The van der Waals surface area contributed by atoms with E-state index >= 15 is 8.78 Å². The molecule has 2 aromatic rings. The molecule has 2 amide bonds. The number of carbonyl (C=O) groups is 1. The highest BCUT2D eigenvalue weighted by molar-refractivity contribution is 6.31. The Morgan fingerprint density at radius 2 is 1.92 bits per heavy atom. The number of methoxy groups -OCH3 is 1. The van der Waals surface area contributed by atoms with Crippen LogP contribution < -0.4 is 5.73 Å². The number of halogens is 3. The molecule has 0 unspecified atom stereocenters. The van der Waals surface area contributed by atoms with Gasteiger partial charge < -0.3 is 30.5 Å². The Morgan fingerprint density at radius 3 is 2.63 bits per heavy atom. The first-order valence-electron chi connectivity index (χ1n) is 13.1. The van der Waals surface area contributed by atoms with E-state index in [0.29, 0.717) is 38.8 Å². The van der Waals surface area contributed by atoms with Gasteiger partial charge in [0.2, 0.25) is 0 Å². The van der Waals surface area contributed by atoms with E-state index in [1.165, 1.54) is 29.2 Å². The van der Waals surface area contributed by atoms with Crippen molar-refractivity contribution in [2.45, 2.75) is 49.9 Å². The van der Waals surface area contributed by atoms with Gasteiger partial charge in [0, 0.05) is 63.0 Å². The molecular formula is C28H36ClF2N3O4. The van der Waals surface area contributed by atoms with Crippen molar-refractivity contribution in [3.05, 3.63) is 58.6 Å². The number of aliphatic hydroxyl groups is 2. The summed E-state index contributed by atoms with van der Waals surface area (Å²) in [5.41, 5.74) is 4.57. The fourth-order valence-corrected chi connectivity index (χ4v) is 5.94. The van der Waals surface area contributed by atoms with Crippen LogP contribution in [0, 0.1) is 17.6 Å². The number of unbranched alkanes of at least 4 members (excludes halogenated alkanes) is 1. The lowest BCUT2D eigenvalue weighted by molar-refractivity contribution is -0.0573. The van der Waals surface area contributed by atoms with Gasteiger partial charge in [0.15, 0.2) is 0 Å². The second-order valence-corrected chi connectivity index (χ2v) is 10.7. The van der Waals surface area contributed by atoms with Gasteiger partial charge in [-0.25, -0.2) is 13.6 Å². The zero-order valence-corrected chi connectivity index (χ0v) is 22.3. The lowest BCUT2D eigenvalue weighted by Gasteiger charge is -2.44. The van der Waals surface area contributed by atoms with Crippen molar-refractivity contribution in [3.63, 3.8) is 0 Å².